The number of aliphatic carboxylic acids is 1. The van der Waals surface area contributed by atoms with Gasteiger partial charge in [-0.15, -0.1) is 0 Å². The molecule has 2 atom stereocenters. The van der Waals surface area contributed by atoms with Crippen molar-refractivity contribution in [2.24, 2.45) is 0 Å². The Bertz CT molecular complexity index is 1590. The molecule has 9 nitrogen and oxygen atoms in total. The molecule has 0 aromatic heterocycles. The topological polar surface area (TPSA) is 108 Å². The Labute approximate surface area is 460 Å². The number of esters is 2. The van der Waals surface area contributed by atoms with Gasteiger partial charge in [-0.05, 0) is 96.3 Å². The van der Waals surface area contributed by atoms with Crippen molar-refractivity contribution in [2.75, 3.05) is 47.5 Å². The first-order chi connectivity index (χ1) is 36.6. The molecule has 0 aliphatic carbocycles. The first-order valence-electron chi connectivity index (χ1n) is 30.1. The highest BCUT2D eigenvalue weighted by atomic mass is 16.7. The second-order valence-corrected chi connectivity index (χ2v) is 20.9. The molecule has 0 aliphatic heterocycles. The monoisotopic (exact) mass is 1050 g/mol. The molecule has 0 saturated carbocycles. The summed E-state index contributed by atoms with van der Waals surface area (Å²) in [5.41, 5.74) is 0. The second-order valence-electron chi connectivity index (χ2n) is 20.9. The quantitative estimate of drug-likeness (QED) is 0.0211. The largest absolute Gasteiger partial charge is 0.477 e. The number of allylic oxidation sites excluding steroid dienone is 18. The summed E-state index contributed by atoms with van der Waals surface area (Å²) in [5, 5.41) is 9.70. The third kappa shape index (κ3) is 57.5. The van der Waals surface area contributed by atoms with Gasteiger partial charge in [0, 0.05) is 12.8 Å². The highest BCUT2D eigenvalue weighted by Crippen LogP contribution is 2.16. The number of ether oxygens (including phenoxy) is 4. The Kier molecular flexibility index (Phi) is 53.1. The predicted octanol–water partition coefficient (Wildman–Crippen LogP) is 17.9. The van der Waals surface area contributed by atoms with Gasteiger partial charge in [-0.2, -0.15) is 0 Å². The summed E-state index contributed by atoms with van der Waals surface area (Å²) < 4.78 is 22.9. The Balaban J connectivity index is 4.16. The molecule has 0 rings (SSSR count). The van der Waals surface area contributed by atoms with E-state index in [9.17, 15) is 19.5 Å². The van der Waals surface area contributed by atoms with Crippen LogP contribution in [0, 0.1) is 0 Å². The molecule has 2 unspecified atom stereocenters. The minimum Gasteiger partial charge on any atom is -0.477 e. The van der Waals surface area contributed by atoms with Crippen LogP contribution < -0.4 is 0 Å². The van der Waals surface area contributed by atoms with Crippen LogP contribution in [0.5, 0.6) is 0 Å². The number of hydrogen-bond donors (Lipinski definition) is 1. The first-order valence-corrected chi connectivity index (χ1v) is 30.1. The molecule has 75 heavy (non-hydrogen) atoms. The number of rotatable bonds is 54. The van der Waals surface area contributed by atoms with E-state index in [2.05, 4.69) is 123 Å². The smallest absolute Gasteiger partial charge is 0.361 e. The molecule has 0 amide bonds. The van der Waals surface area contributed by atoms with Crippen molar-refractivity contribution >= 4 is 17.9 Å². The van der Waals surface area contributed by atoms with Crippen LogP contribution in [0.15, 0.2) is 109 Å². The summed E-state index contributed by atoms with van der Waals surface area (Å²) in [4.78, 5) is 37.4. The maximum atomic E-state index is 12.9. The van der Waals surface area contributed by atoms with Crippen LogP contribution in [-0.2, 0) is 33.3 Å². The molecule has 0 aromatic carbocycles. The lowest BCUT2D eigenvalue weighted by molar-refractivity contribution is -0.870. The average Bonchev–Trinajstić information content (AvgIpc) is 3.38. The predicted molar refractivity (Wildman–Crippen MR) is 318 cm³/mol. The lowest BCUT2D eigenvalue weighted by atomic mass is 10.0. The molecule has 0 saturated heterocycles. The molecule has 0 heterocycles. The van der Waals surface area contributed by atoms with Crippen molar-refractivity contribution in [3.63, 3.8) is 0 Å². The summed E-state index contributed by atoms with van der Waals surface area (Å²) >= 11 is 0. The number of likely N-dealkylation sites (N-methyl/N-ethyl adjacent to an activating group) is 1. The molecular weight excluding hydrogens is 935 g/mol. The van der Waals surface area contributed by atoms with Gasteiger partial charge in [-0.25, -0.2) is 4.79 Å². The van der Waals surface area contributed by atoms with Crippen LogP contribution in [0.2, 0.25) is 0 Å². The van der Waals surface area contributed by atoms with Crippen molar-refractivity contribution in [3.8, 4) is 0 Å². The van der Waals surface area contributed by atoms with Crippen LogP contribution in [0.25, 0.3) is 0 Å². The van der Waals surface area contributed by atoms with E-state index in [1.807, 2.05) is 21.1 Å². The van der Waals surface area contributed by atoms with Gasteiger partial charge >= 0.3 is 17.9 Å². The van der Waals surface area contributed by atoms with E-state index in [4.69, 9.17) is 18.9 Å². The Morgan fingerprint density at radius 2 is 0.720 bits per heavy atom. The van der Waals surface area contributed by atoms with E-state index >= 15 is 0 Å². The number of hydrogen-bond acceptors (Lipinski definition) is 7. The minimum atomic E-state index is -1.52. The Hall–Kier alpha value is -4.05. The van der Waals surface area contributed by atoms with Crippen molar-refractivity contribution in [2.45, 2.75) is 245 Å². The third-order valence-electron chi connectivity index (χ3n) is 12.5. The zero-order chi connectivity index (χ0) is 54.8. The fraction of sp³-hybridized carbons (Fsp3) is 0.682. The van der Waals surface area contributed by atoms with Crippen LogP contribution in [0.1, 0.15) is 232 Å². The van der Waals surface area contributed by atoms with Gasteiger partial charge in [0.15, 0.2) is 6.10 Å². The maximum Gasteiger partial charge on any atom is 0.361 e. The minimum absolute atomic E-state index is 0.179. The van der Waals surface area contributed by atoms with E-state index in [1.165, 1.54) is 96.3 Å². The van der Waals surface area contributed by atoms with Gasteiger partial charge in [-0.1, -0.05) is 232 Å². The van der Waals surface area contributed by atoms with Gasteiger partial charge < -0.3 is 28.5 Å². The fourth-order valence-electron chi connectivity index (χ4n) is 7.97. The van der Waals surface area contributed by atoms with Gasteiger partial charge in [0.2, 0.25) is 0 Å². The lowest BCUT2D eigenvalue weighted by Crippen LogP contribution is -2.40. The molecular formula is C66H112NO8+. The van der Waals surface area contributed by atoms with Crippen LogP contribution >= 0.6 is 0 Å². The van der Waals surface area contributed by atoms with Gasteiger partial charge in [0.1, 0.15) is 13.2 Å². The summed E-state index contributed by atoms with van der Waals surface area (Å²) in [7, 11) is 5.96. The molecule has 428 valence electrons. The average molecular weight is 1050 g/mol. The summed E-state index contributed by atoms with van der Waals surface area (Å²) in [6, 6.07) is 0. The van der Waals surface area contributed by atoms with Gasteiger partial charge in [0.25, 0.3) is 6.29 Å². The van der Waals surface area contributed by atoms with E-state index in [-0.39, 0.29) is 38.6 Å². The van der Waals surface area contributed by atoms with E-state index in [0.29, 0.717) is 23.9 Å². The molecule has 0 aromatic rings. The fourth-order valence-corrected chi connectivity index (χ4v) is 7.97. The number of carboxylic acids is 1. The first kappa shape index (κ1) is 71.0. The number of nitrogens with zero attached hydrogens (tertiary/aromatic N) is 1. The molecule has 1 N–H and O–H groups in total. The van der Waals surface area contributed by atoms with E-state index in [1.54, 1.807) is 0 Å². The molecule has 0 radical (unpaired) electrons. The van der Waals surface area contributed by atoms with Crippen LogP contribution in [-0.4, -0.2) is 87.4 Å². The lowest BCUT2D eigenvalue weighted by Gasteiger charge is -2.25. The number of unbranched alkanes of at least 4 members (excludes halogenated alkanes) is 21. The molecule has 0 aliphatic rings. The zero-order valence-electron chi connectivity index (χ0n) is 48.7. The summed E-state index contributed by atoms with van der Waals surface area (Å²) in [6.07, 6.45) is 74.7. The van der Waals surface area contributed by atoms with Gasteiger partial charge in [0.05, 0.1) is 34.4 Å². The molecule has 9 heteroatoms. The van der Waals surface area contributed by atoms with E-state index in [0.717, 1.165) is 96.3 Å². The Morgan fingerprint density at radius 3 is 1.07 bits per heavy atom. The van der Waals surface area contributed by atoms with Crippen molar-refractivity contribution in [1.82, 2.24) is 0 Å². The molecule has 0 fully saturated rings. The Morgan fingerprint density at radius 1 is 0.400 bits per heavy atom. The third-order valence-corrected chi connectivity index (χ3v) is 12.5. The van der Waals surface area contributed by atoms with E-state index < -0.39 is 24.3 Å². The standard InChI is InChI=1S/C66H111NO8/c1-6-8-10-12-14-16-18-20-22-24-25-26-27-28-29-30-31-32-33-34-35-36-37-38-39-41-43-45-47-49-51-53-55-57-64(69)75-62(61-74-66(65(70)71)72-59-58-67(3,4)5)60-73-63(68)56-54-52-50-48-46-44-42-40-23-21-19-17-15-13-11-9-7-2/h8-11,14-17,20-23,25-26,28-29,42,44,62,66H,6-7,12-13,18-19,24,27,30-41,43,45-61H2,1-5H3/p+1/b10-8-,11-9-,16-14-,17-15-,22-20-,23-21-,26-25-,29-28-,44-42-. The highest BCUT2D eigenvalue weighted by Gasteiger charge is 2.25. The zero-order valence-corrected chi connectivity index (χ0v) is 48.7. The van der Waals surface area contributed by atoms with Crippen molar-refractivity contribution in [1.29, 1.82) is 0 Å². The molecule has 0 spiro atoms. The van der Waals surface area contributed by atoms with Gasteiger partial charge in [-0.3, -0.25) is 9.59 Å². The number of carbonyl (C=O) groups excluding carboxylic acids is 2. The molecule has 0 bridgehead atoms. The van der Waals surface area contributed by atoms with Crippen molar-refractivity contribution < 1.29 is 42.9 Å². The normalized spacial score (nSPS) is 13.6. The van der Waals surface area contributed by atoms with Crippen LogP contribution in [0.3, 0.4) is 0 Å². The van der Waals surface area contributed by atoms with Crippen molar-refractivity contribution in [3.05, 3.63) is 109 Å². The number of carbonyl (C=O) groups is 3. The number of quaternary nitrogens is 1. The maximum absolute atomic E-state index is 12.9. The number of carboxylic acid groups (broad SMARTS) is 1. The SMILES string of the molecule is CC/C=C\C/C=C\C/C=C\C/C=C\C/C=C\CCCCCCCCCCCCCCCCCCCC(=O)OC(COC(=O)CCCCCC/C=C\C/C=C\C/C=C\C/C=C\CC)COC(OCC[N+](C)(C)C)C(=O)O. The summed E-state index contributed by atoms with van der Waals surface area (Å²) in [6.45, 7) is 4.62. The highest BCUT2D eigenvalue weighted by molar-refractivity contribution is 5.71. The van der Waals surface area contributed by atoms with Crippen LogP contribution in [0.4, 0.5) is 0 Å². The summed E-state index contributed by atoms with van der Waals surface area (Å²) in [5.74, 6) is -2.04. The second kappa shape index (κ2) is 56.2.